The van der Waals surface area contributed by atoms with Gasteiger partial charge in [-0.25, -0.2) is 4.79 Å². The summed E-state index contributed by atoms with van der Waals surface area (Å²) in [5, 5.41) is 0. The molecule has 7 heteroatoms. The summed E-state index contributed by atoms with van der Waals surface area (Å²) in [5.41, 5.74) is 4.33. The fourth-order valence-electron chi connectivity index (χ4n) is 4.71. The highest BCUT2D eigenvalue weighted by molar-refractivity contribution is 7.71. The van der Waals surface area contributed by atoms with E-state index in [1.165, 1.54) is 5.52 Å². The topological polar surface area (TPSA) is 53.5 Å². The maximum Gasteiger partial charge on any atom is 0.414 e. The Hall–Kier alpha value is -2.64. The molecule has 0 radical (unpaired) electrons. The first-order chi connectivity index (χ1) is 14.6. The minimum absolute atomic E-state index is 0.0928. The highest BCUT2D eigenvalue weighted by Gasteiger charge is 2.34. The zero-order valence-electron chi connectivity index (χ0n) is 17.1. The lowest BCUT2D eigenvalue weighted by atomic mass is 10.0. The van der Waals surface area contributed by atoms with Crippen LogP contribution < -0.4 is 4.90 Å². The standard InChI is InChI=1S/C23H26N4O2S/c1-16-5-4-6-18(13-16)26-15-19(29-23(26)28)14-25-11-9-17(10-12-25)27-21-8-3-2-7-20(21)24-22(27)30/h2-8,13,17,19H,9-12,14-15H2,1H3,(H,24,30). The number of fused-ring (bicyclic) bond motifs is 1. The number of hydrogen-bond donors (Lipinski definition) is 1. The van der Waals surface area contributed by atoms with Gasteiger partial charge < -0.3 is 14.3 Å². The summed E-state index contributed by atoms with van der Waals surface area (Å²) in [5.74, 6) is 0. The molecule has 3 heterocycles. The van der Waals surface area contributed by atoms with Crippen LogP contribution in [-0.4, -0.2) is 52.8 Å². The number of cyclic esters (lactones) is 1. The zero-order chi connectivity index (χ0) is 20.7. The lowest BCUT2D eigenvalue weighted by Gasteiger charge is -2.33. The van der Waals surface area contributed by atoms with E-state index in [1.54, 1.807) is 4.90 Å². The van der Waals surface area contributed by atoms with Crippen LogP contribution in [0.5, 0.6) is 0 Å². The summed E-state index contributed by atoms with van der Waals surface area (Å²) in [7, 11) is 0. The number of anilines is 1. The molecule has 0 aliphatic carbocycles. The van der Waals surface area contributed by atoms with Crippen LogP contribution in [0.3, 0.4) is 0 Å². The molecule has 30 heavy (non-hydrogen) atoms. The molecular formula is C23H26N4O2S. The van der Waals surface area contributed by atoms with E-state index in [0.717, 1.165) is 54.0 Å². The van der Waals surface area contributed by atoms with Crippen LogP contribution >= 0.6 is 12.2 Å². The maximum atomic E-state index is 12.4. The molecule has 1 amide bonds. The van der Waals surface area contributed by atoms with Gasteiger partial charge in [0, 0.05) is 31.4 Å². The van der Waals surface area contributed by atoms with Crippen LogP contribution in [0.1, 0.15) is 24.4 Å². The van der Waals surface area contributed by atoms with Crippen molar-refractivity contribution in [3.05, 3.63) is 58.9 Å². The van der Waals surface area contributed by atoms with Gasteiger partial charge in [0.25, 0.3) is 0 Å². The van der Waals surface area contributed by atoms with Crippen LogP contribution in [-0.2, 0) is 4.74 Å². The Morgan fingerprint density at radius 3 is 2.73 bits per heavy atom. The number of rotatable bonds is 4. The number of hydrogen-bond acceptors (Lipinski definition) is 4. The number of nitrogens with zero attached hydrogens (tertiary/aromatic N) is 3. The number of carbonyl (C=O) groups is 1. The first kappa shape index (κ1) is 19.3. The molecule has 1 unspecified atom stereocenters. The van der Waals surface area contributed by atoms with Gasteiger partial charge in [-0.1, -0.05) is 24.3 Å². The fourth-order valence-corrected chi connectivity index (χ4v) is 5.07. The monoisotopic (exact) mass is 422 g/mol. The van der Waals surface area contributed by atoms with E-state index in [4.69, 9.17) is 17.0 Å². The van der Waals surface area contributed by atoms with E-state index >= 15 is 0 Å². The average Bonchev–Trinajstić information content (AvgIpc) is 3.27. The van der Waals surface area contributed by atoms with Gasteiger partial charge in [-0.15, -0.1) is 0 Å². The third-order valence-corrected chi connectivity index (χ3v) is 6.49. The van der Waals surface area contributed by atoms with Gasteiger partial charge >= 0.3 is 6.09 Å². The summed E-state index contributed by atoms with van der Waals surface area (Å²) < 4.78 is 8.74. The minimum atomic E-state index is -0.245. The van der Waals surface area contributed by atoms with E-state index in [1.807, 2.05) is 37.3 Å². The zero-order valence-corrected chi connectivity index (χ0v) is 17.9. The lowest BCUT2D eigenvalue weighted by Crippen LogP contribution is -2.40. The van der Waals surface area contributed by atoms with Crippen molar-refractivity contribution < 1.29 is 9.53 Å². The molecule has 1 N–H and O–H groups in total. The molecule has 156 valence electrons. The molecule has 2 aliphatic rings. The van der Waals surface area contributed by atoms with E-state index in [9.17, 15) is 4.79 Å². The predicted octanol–water partition coefficient (Wildman–Crippen LogP) is 4.67. The molecule has 2 fully saturated rings. The third kappa shape index (κ3) is 3.63. The first-order valence-electron chi connectivity index (χ1n) is 10.5. The normalized spacial score (nSPS) is 20.8. The van der Waals surface area contributed by atoms with Crippen molar-refractivity contribution in [3.8, 4) is 0 Å². The number of benzene rings is 2. The van der Waals surface area contributed by atoms with Crippen molar-refractivity contribution in [1.29, 1.82) is 0 Å². The molecule has 2 aliphatic heterocycles. The summed E-state index contributed by atoms with van der Waals surface area (Å²) >= 11 is 5.59. The number of amides is 1. The van der Waals surface area contributed by atoms with Crippen molar-refractivity contribution in [2.24, 2.45) is 0 Å². The van der Waals surface area contributed by atoms with Gasteiger partial charge in [0.1, 0.15) is 6.10 Å². The molecule has 6 nitrogen and oxygen atoms in total. The molecule has 5 rings (SSSR count). The van der Waals surface area contributed by atoms with Gasteiger partial charge in [0.05, 0.1) is 17.6 Å². The van der Waals surface area contributed by atoms with Crippen molar-refractivity contribution in [1.82, 2.24) is 14.5 Å². The molecule has 3 aromatic rings. The SMILES string of the molecule is Cc1cccc(N2CC(CN3CCC(n4c(=S)[nH]c5ccccc54)CC3)OC2=O)c1. The summed E-state index contributed by atoms with van der Waals surface area (Å²) in [6.45, 7) is 5.37. The number of H-pyrrole nitrogens is 1. The Kier molecular flexibility index (Phi) is 5.08. The van der Waals surface area contributed by atoms with Crippen LogP contribution in [0.25, 0.3) is 11.0 Å². The van der Waals surface area contributed by atoms with Gasteiger partial charge in [0.2, 0.25) is 0 Å². The van der Waals surface area contributed by atoms with E-state index in [0.29, 0.717) is 12.6 Å². The minimum Gasteiger partial charge on any atom is -0.443 e. The van der Waals surface area contributed by atoms with Crippen LogP contribution in [0, 0.1) is 11.7 Å². The number of aryl methyl sites for hydroxylation is 1. The molecule has 0 saturated carbocycles. The maximum absolute atomic E-state index is 12.4. The number of likely N-dealkylation sites (tertiary alicyclic amines) is 1. The fraction of sp³-hybridized carbons (Fsp3) is 0.391. The number of carbonyl (C=O) groups excluding carboxylic acids is 1. The van der Waals surface area contributed by atoms with Crippen molar-refractivity contribution >= 4 is 35.0 Å². The highest BCUT2D eigenvalue weighted by Crippen LogP contribution is 2.29. The van der Waals surface area contributed by atoms with Crippen molar-refractivity contribution in [3.63, 3.8) is 0 Å². The summed E-state index contributed by atoms with van der Waals surface area (Å²) in [6.07, 6.45) is 1.74. The largest absolute Gasteiger partial charge is 0.443 e. The van der Waals surface area contributed by atoms with Gasteiger partial charge in [-0.05, 0) is 61.8 Å². The highest BCUT2D eigenvalue weighted by atomic mass is 32.1. The Morgan fingerprint density at radius 1 is 1.13 bits per heavy atom. The van der Waals surface area contributed by atoms with Crippen LogP contribution in [0.15, 0.2) is 48.5 Å². The molecule has 0 bridgehead atoms. The van der Waals surface area contributed by atoms with Crippen LogP contribution in [0.4, 0.5) is 10.5 Å². The number of imidazole rings is 1. The first-order valence-corrected chi connectivity index (χ1v) is 11.0. The van der Waals surface area contributed by atoms with Crippen LogP contribution in [0.2, 0.25) is 0 Å². The Labute approximate surface area is 181 Å². The second kappa shape index (κ2) is 7.89. The van der Waals surface area contributed by atoms with Crippen molar-refractivity contribution in [2.75, 3.05) is 31.1 Å². The Balaban J connectivity index is 1.21. The number of para-hydroxylation sites is 2. The molecule has 2 aromatic carbocycles. The van der Waals surface area contributed by atoms with E-state index < -0.39 is 0 Å². The second-order valence-electron chi connectivity index (χ2n) is 8.30. The quantitative estimate of drug-likeness (QED) is 0.621. The summed E-state index contributed by atoms with van der Waals surface area (Å²) in [4.78, 5) is 19.9. The second-order valence-corrected chi connectivity index (χ2v) is 8.69. The van der Waals surface area contributed by atoms with Crippen molar-refractivity contribution in [2.45, 2.75) is 31.9 Å². The molecule has 1 atom stereocenters. The number of piperidine rings is 1. The molecule has 1 aromatic heterocycles. The molecule has 2 saturated heterocycles. The lowest BCUT2D eigenvalue weighted by molar-refractivity contribution is 0.0927. The third-order valence-electron chi connectivity index (χ3n) is 6.20. The Bertz CT molecular complexity index is 1130. The van der Waals surface area contributed by atoms with E-state index in [-0.39, 0.29) is 12.2 Å². The average molecular weight is 423 g/mol. The number of aromatic nitrogens is 2. The van der Waals surface area contributed by atoms with Gasteiger partial charge in [-0.3, -0.25) is 9.80 Å². The smallest absolute Gasteiger partial charge is 0.414 e. The number of aromatic amines is 1. The molecule has 0 spiro atoms. The van der Waals surface area contributed by atoms with Gasteiger partial charge in [-0.2, -0.15) is 0 Å². The number of ether oxygens (including phenoxy) is 1. The number of nitrogens with one attached hydrogen (secondary N) is 1. The Morgan fingerprint density at radius 2 is 1.93 bits per heavy atom. The van der Waals surface area contributed by atoms with Gasteiger partial charge in [0.15, 0.2) is 4.77 Å². The van der Waals surface area contributed by atoms with E-state index in [2.05, 4.69) is 32.7 Å². The summed E-state index contributed by atoms with van der Waals surface area (Å²) in [6, 6.07) is 16.7. The predicted molar refractivity (Wildman–Crippen MR) is 121 cm³/mol. The molecular weight excluding hydrogens is 396 g/mol.